The van der Waals surface area contributed by atoms with Crippen molar-refractivity contribution in [1.82, 2.24) is 20.4 Å². The van der Waals surface area contributed by atoms with Gasteiger partial charge in [0.2, 0.25) is 5.91 Å². The first kappa shape index (κ1) is 18.9. The van der Waals surface area contributed by atoms with Gasteiger partial charge in [0, 0.05) is 13.0 Å². The highest BCUT2D eigenvalue weighted by atomic mass is 16.2. The highest BCUT2D eigenvalue weighted by Crippen LogP contribution is 2.19. The summed E-state index contributed by atoms with van der Waals surface area (Å²) in [5, 5.41) is 10.4. The van der Waals surface area contributed by atoms with Crippen LogP contribution in [-0.2, 0) is 30.7 Å². The van der Waals surface area contributed by atoms with Crippen molar-refractivity contribution < 1.29 is 9.59 Å². The van der Waals surface area contributed by atoms with Gasteiger partial charge in [-0.1, -0.05) is 54.6 Å². The molecule has 2 amide bonds. The van der Waals surface area contributed by atoms with Crippen molar-refractivity contribution >= 4 is 11.8 Å². The first-order valence-corrected chi connectivity index (χ1v) is 9.81. The van der Waals surface area contributed by atoms with Gasteiger partial charge in [-0.05, 0) is 23.6 Å². The molecule has 0 bridgehead atoms. The van der Waals surface area contributed by atoms with E-state index < -0.39 is 0 Å². The fourth-order valence-electron chi connectivity index (χ4n) is 3.71. The average Bonchev–Trinajstić information content (AvgIpc) is 3.29. The molecule has 1 aromatic heterocycles. The number of nitrogens with one attached hydrogen (secondary N) is 2. The first-order chi connectivity index (χ1) is 14.1. The Kier molecular flexibility index (Phi) is 5.42. The number of nitrogens with zero attached hydrogens (tertiary/aromatic N) is 2. The highest BCUT2D eigenvalue weighted by molar-refractivity contribution is 5.95. The van der Waals surface area contributed by atoms with E-state index in [9.17, 15) is 9.59 Å². The number of rotatable bonds is 6. The summed E-state index contributed by atoms with van der Waals surface area (Å²) in [6.07, 6.45) is 2.57. The quantitative estimate of drug-likeness (QED) is 0.681. The van der Waals surface area contributed by atoms with Gasteiger partial charge in [-0.15, -0.1) is 0 Å². The van der Waals surface area contributed by atoms with Crippen LogP contribution in [0.4, 0.5) is 0 Å². The van der Waals surface area contributed by atoms with Crippen LogP contribution in [0.2, 0.25) is 0 Å². The van der Waals surface area contributed by atoms with Gasteiger partial charge >= 0.3 is 0 Å². The van der Waals surface area contributed by atoms with Crippen LogP contribution in [-0.4, -0.2) is 27.6 Å². The number of hydrogen-bond donors (Lipinski definition) is 2. The van der Waals surface area contributed by atoms with E-state index in [1.54, 1.807) is 6.20 Å². The second-order valence-corrected chi connectivity index (χ2v) is 7.43. The number of carbonyl (C=O) groups excluding carboxylic acids is 2. The van der Waals surface area contributed by atoms with E-state index in [0.29, 0.717) is 31.5 Å². The lowest BCUT2D eigenvalue weighted by atomic mass is 10.1. The minimum atomic E-state index is -0.137. The van der Waals surface area contributed by atoms with Gasteiger partial charge in [-0.25, -0.2) is 0 Å². The normalized spacial score (nSPS) is 15.0. The fraction of sp³-hybridized carbons (Fsp3) is 0.261. The zero-order valence-corrected chi connectivity index (χ0v) is 16.4. The van der Waals surface area contributed by atoms with Crippen LogP contribution in [0.25, 0.3) is 0 Å². The van der Waals surface area contributed by atoms with E-state index in [-0.39, 0.29) is 17.9 Å². The highest BCUT2D eigenvalue weighted by Gasteiger charge is 2.28. The van der Waals surface area contributed by atoms with E-state index in [0.717, 1.165) is 22.4 Å². The second kappa shape index (κ2) is 8.31. The SMILES string of the molecule is Cc1ccccc1CC(=O)NC1Cc2c(C(=O)NCc3ccccc3)cnn2C1. The molecule has 1 atom stereocenters. The van der Waals surface area contributed by atoms with Crippen molar-refractivity contribution in [2.24, 2.45) is 0 Å². The summed E-state index contributed by atoms with van der Waals surface area (Å²) >= 11 is 0. The lowest BCUT2D eigenvalue weighted by Gasteiger charge is -2.12. The number of carbonyl (C=O) groups is 2. The van der Waals surface area contributed by atoms with E-state index >= 15 is 0 Å². The third kappa shape index (κ3) is 4.37. The third-order valence-electron chi connectivity index (χ3n) is 5.30. The Labute approximate surface area is 169 Å². The van der Waals surface area contributed by atoms with Crippen LogP contribution in [0, 0.1) is 6.92 Å². The monoisotopic (exact) mass is 388 g/mol. The zero-order chi connectivity index (χ0) is 20.2. The number of hydrogen-bond acceptors (Lipinski definition) is 3. The van der Waals surface area contributed by atoms with Gasteiger partial charge in [0.05, 0.1) is 36.5 Å². The number of fused-ring (bicyclic) bond motifs is 1. The average molecular weight is 388 g/mol. The van der Waals surface area contributed by atoms with Crippen LogP contribution >= 0.6 is 0 Å². The maximum absolute atomic E-state index is 12.6. The molecule has 6 heteroatoms. The number of aromatic nitrogens is 2. The summed E-state index contributed by atoms with van der Waals surface area (Å²) < 4.78 is 1.82. The van der Waals surface area contributed by atoms with E-state index in [2.05, 4.69) is 15.7 Å². The van der Waals surface area contributed by atoms with Gasteiger partial charge < -0.3 is 10.6 Å². The Morgan fingerprint density at radius 1 is 1.10 bits per heavy atom. The maximum Gasteiger partial charge on any atom is 0.255 e. The Morgan fingerprint density at radius 3 is 2.66 bits per heavy atom. The summed E-state index contributed by atoms with van der Waals surface area (Å²) in [5.74, 6) is -0.146. The van der Waals surface area contributed by atoms with Gasteiger partial charge in [-0.2, -0.15) is 5.10 Å². The molecule has 2 aromatic carbocycles. The van der Waals surface area contributed by atoms with Gasteiger partial charge in [0.25, 0.3) is 5.91 Å². The zero-order valence-electron chi connectivity index (χ0n) is 16.4. The molecule has 1 unspecified atom stereocenters. The van der Waals surface area contributed by atoms with Gasteiger partial charge in [-0.3, -0.25) is 14.3 Å². The molecule has 6 nitrogen and oxygen atoms in total. The molecule has 4 rings (SSSR count). The number of aryl methyl sites for hydroxylation is 1. The molecule has 1 aliphatic rings. The van der Waals surface area contributed by atoms with Crippen molar-refractivity contribution in [2.75, 3.05) is 0 Å². The summed E-state index contributed by atoms with van der Waals surface area (Å²) in [6.45, 7) is 3.07. The van der Waals surface area contributed by atoms with Crippen LogP contribution in [0.3, 0.4) is 0 Å². The van der Waals surface area contributed by atoms with E-state index in [4.69, 9.17) is 0 Å². The molecular formula is C23H24N4O2. The lowest BCUT2D eigenvalue weighted by molar-refractivity contribution is -0.121. The molecule has 1 aliphatic heterocycles. The molecule has 2 N–H and O–H groups in total. The number of amides is 2. The summed E-state index contributed by atoms with van der Waals surface area (Å²) in [4.78, 5) is 25.0. The maximum atomic E-state index is 12.6. The number of benzene rings is 2. The van der Waals surface area contributed by atoms with Gasteiger partial charge in [0.15, 0.2) is 0 Å². The molecule has 0 radical (unpaired) electrons. The van der Waals surface area contributed by atoms with E-state index in [1.807, 2.05) is 66.2 Å². The van der Waals surface area contributed by atoms with Crippen molar-refractivity contribution in [2.45, 2.75) is 38.9 Å². The molecule has 3 aromatic rings. The smallest absolute Gasteiger partial charge is 0.255 e. The predicted octanol–water partition coefficient (Wildman–Crippen LogP) is 2.41. The van der Waals surface area contributed by atoms with Crippen LogP contribution in [0.5, 0.6) is 0 Å². The Bertz CT molecular complexity index is 1030. The van der Waals surface area contributed by atoms with Crippen molar-refractivity contribution in [1.29, 1.82) is 0 Å². The molecular weight excluding hydrogens is 364 g/mol. The summed E-state index contributed by atoms with van der Waals surface area (Å²) in [5.41, 5.74) is 4.64. The van der Waals surface area contributed by atoms with E-state index in [1.165, 1.54) is 0 Å². The molecule has 0 saturated carbocycles. The van der Waals surface area contributed by atoms with Gasteiger partial charge in [0.1, 0.15) is 0 Å². The summed E-state index contributed by atoms with van der Waals surface area (Å²) in [7, 11) is 0. The molecule has 148 valence electrons. The van der Waals surface area contributed by atoms with Crippen LogP contribution in [0.1, 0.15) is 32.7 Å². The Morgan fingerprint density at radius 2 is 1.86 bits per heavy atom. The standard InChI is InChI=1S/C23H24N4O2/c1-16-7-5-6-10-18(16)11-22(28)26-19-12-21-20(14-25-27(21)15-19)23(29)24-13-17-8-3-2-4-9-17/h2-10,14,19H,11-13,15H2,1H3,(H,24,29)(H,26,28). The van der Waals surface area contributed by atoms with Crippen molar-refractivity contribution in [3.63, 3.8) is 0 Å². The minimum absolute atomic E-state index is 0.00914. The third-order valence-corrected chi connectivity index (χ3v) is 5.30. The molecule has 29 heavy (non-hydrogen) atoms. The fourth-order valence-corrected chi connectivity index (χ4v) is 3.71. The largest absolute Gasteiger partial charge is 0.351 e. The van der Waals surface area contributed by atoms with Crippen LogP contribution in [0.15, 0.2) is 60.8 Å². The molecule has 0 aliphatic carbocycles. The Hall–Kier alpha value is -3.41. The van der Waals surface area contributed by atoms with Crippen molar-refractivity contribution in [3.8, 4) is 0 Å². The molecule has 0 spiro atoms. The predicted molar refractivity (Wildman–Crippen MR) is 110 cm³/mol. The molecule has 0 fully saturated rings. The lowest BCUT2D eigenvalue weighted by Crippen LogP contribution is -2.37. The topological polar surface area (TPSA) is 76.0 Å². The van der Waals surface area contributed by atoms with Crippen molar-refractivity contribution in [3.05, 3.63) is 88.7 Å². The second-order valence-electron chi connectivity index (χ2n) is 7.43. The molecule has 0 saturated heterocycles. The van der Waals surface area contributed by atoms with Crippen LogP contribution < -0.4 is 10.6 Å². The molecule has 2 heterocycles. The summed E-state index contributed by atoms with van der Waals surface area (Å²) in [6, 6.07) is 17.6. The minimum Gasteiger partial charge on any atom is -0.351 e. The Balaban J connectivity index is 1.34. The first-order valence-electron chi connectivity index (χ1n) is 9.81.